The summed E-state index contributed by atoms with van der Waals surface area (Å²) in [6, 6.07) is 12.6. The van der Waals surface area contributed by atoms with Gasteiger partial charge in [-0.05, 0) is 49.2 Å². The van der Waals surface area contributed by atoms with Crippen molar-refractivity contribution in [3.05, 3.63) is 71.1 Å². The van der Waals surface area contributed by atoms with Crippen LogP contribution in [0.1, 0.15) is 41.4 Å². The molecule has 0 spiro atoms. The summed E-state index contributed by atoms with van der Waals surface area (Å²) in [5, 5.41) is 16.6. The molecule has 1 aliphatic heterocycles. The fraction of sp³-hybridized carbons (Fsp3) is 0.273. The van der Waals surface area contributed by atoms with Crippen molar-refractivity contribution in [2.75, 3.05) is 0 Å². The Balaban J connectivity index is 1.40. The second-order valence-corrected chi connectivity index (χ2v) is 7.89. The Labute approximate surface area is 183 Å². The minimum Gasteiger partial charge on any atom is -0.463 e. The van der Waals surface area contributed by atoms with Crippen LogP contribution in [0.5, 0.6) is 0 Å². The molecule has 4 heterocycles. The molecule has 8 nitrogen and oxygen atoms in total. The predicted molar refractivity (Wildman–Crippen MR) is 115 cm³/mol. The van der Waals surface area contributed by atoms with Crippen molar-refractivity contribution >= 4 is 17.5 Å². The van der Waals surface area contributed by atoms with Gasteiger partial charge in [-0.25, -0.2) is 4.68 Å². The van der Waals surface area contributed by atoms with Gasteiger partial charge in [0.25, 0.3) is 5.91 Å². The standard InChI is InChI=1S/C22H21ClN6O2/c23-15-7-9-16(10-8-15)29-18(19-5-4-12-31-19)13-17(27-29)22(30)24-14-21-26-25-20-6-2-1-3-11-28(20)21/h4-5,7-10,12-13H,1-3,6,11,14H2,(H,24,30). The first-order chi connectivity index (χ1) is 15.2. The maximum Gasteiger partial charge on any atom is 0.272 e. The van der Waals surface area contributed by atoms with Crippen LogP contribution in [0.4, 0.5) is 0 Å². The lowest BCUT2D eigenvalue weighted by molar-refractivity contribution is 0.0944. The molecule has 1 N–H and O–H groups in total. The lowest BCUT2D eigenvalue weighted by Gasteiger charge is -2.07. The predicted octanol–water partition coefficient (Wildman–Crippen LogP) is 4.03. The maximum atomic E-state index is 12.9. The summed E-state index contributed by atoms with van der Waals surface area (Å²) in [5.41, 5.74) is 1.74. The van der Waals surface area contributed by atoms with E-state index in [0.717, 1.165) is 43.1 Å². The number of rotatable bonds is 5. The molecule has 5 rings (SSSR count). The van der Waals surface area contributed by atoms with Crippen LogP contribution in [0.2, 0.25) is 5.02 Å². The summed E-state index contributed by atoms with van der Waals surface area (Å²) in [4.78, 5) is 12.9. The first-order valence-corrected chi connectivity index (χ1v) is 10.7. The molecule has 9 heteroatoms. The zero-order chi connectivity index (χ0) is 21.2. The molecule has 0 radical (unpaired) electrons. The van der Waals surface area contributed by atoms with Crippen LogP contribution in [0, 0.1) is 0 Å². The van der Waals surface area contributed by atoms with Gasteiger partial charge in [0.15, 0.2) is 17.3 Å². The third kappa shape index (κ3) is 3.98. The number of benzene rings is 1. The van der Waals surface area contributed by atoms with Crippen LogP contribution >= 0.6 is 11.6 Å². The van der Waals surface area contributed by atoms with Gasteiger partial charge in [-0.15, -0.1) is 10.2 Å². The second kappa shape index (κ2) is 8.39. The summed E-state index contributed by atoms with van der Waals surface area (Å²) >= 11 is 6.02. The molecule has 0 aliphatic carbocycles. The Hall–Kier alpha value is -3.39. The lowest BCUT2D eigenvalue weighted by Crippen LogP contribution is -2.25. The van der Waals surface area contributed by atoms with E-state index >= 15 is 0 Å². The van der Waals surface area contributed by atoms with E-state index in [0.29, 0.717) is 23.0 Å². The lowest BCUT2D eigenvalue weighted by atomic mass is 10.2. The Kier molecular flexibility index (Phi) is 5.30. The van der Waals surface area contributed by atoms with Crippen LogP contribution in [0.15, 0.2) is 53.1 Å². The molecule has 1 amide bonds. The smallest absolute Gasteiger partial charge is 0.272 e. The summed E-state index contributed by atoms with van der Waals surface area (Å²) in [7, 11) is 0. The SMILES string of the molecule is O=C(NCc1nnc2n1CCCCC2)c1cc(-c2ccco2)n(-c2ccc(Cl)cc2)n1. The molecule has 4 aromatic rings. The monoisotopic (exact) mass is 436 g/mol. The van der Waals surface area contributed by atoms with Crippen molar-refractivity contribution < 1.29 is 9.21 Å². The van der Waals surface area contributed by atoms with Crippen LogP contribution < -0.4 is 5.32 Å². The summed E-state index contributed by atoms with van der Waals surface area (Å²) in [5.74, 6) is 2.10. The quantitative estimate of drug-likeness (QED) is 0.510. The van der Waals surface area contributed by atoms with Crippen molar-refractivity contribution in [3.8, 4) is 17.1 Å². The molecule has 158 valence electrons. The number of fused-ring (bicyclic) bond motifs is 1. The van der Waals surface area contributed by atoms with E-state index in [-0.39, 0.29) is 11.6 Å². The number of hydrogen-bond donors (Lipinski definition) is 1. The number of carbonyl (C=O) groups is 1. The number of carbonyl (C=O) groups excluding carboxylic acids is 1. The Morgan fingerprint density at radius 3 is 2.81 bits per heavy atom. The van der Waals surface area contributed by atoms with E-state index in [4.69, 9.17) is 16.0 Å². The maximum absolute atomic E-state index is 12.9. The van der Waals surface area contributed by atoms with E-state index in [1.807, 2.05) is 18.2 Å². The fourth-order valence-corrected chi connectivity index (χ4v) is 3.92. The molecule has 31 heavy (non-hydrogen) atoms. The molecular weight excluding hydrogens is 416 g/mol. The topological polar surface area (TPSA) is 90.8 Å². The zero-order valence-corrected chi connectivity index (χ0v) is 17.5. The fourth-order valence-electron chi connectivity index (χ4n) is 3.80. The third-order valence-corrected chi connectivity index (χ3v) is 5.63. The Morgan fingerprint density at radius 1 is 1.13 bits per heavy atom. The van der Waals surface area contributed by atoms with E-state index in [1.54, 1.807) is 35.2 Å². The molecule has 1 aromatic carbocycles. The Bertz CT molecular complexity index is 1190. The molecule has 0 saturated heterocycles. The highest BCUT2D eigenvalue weighted by Crippen LogP contribution is 2.25. The average Bonchev–Trinajstić information content (AvgIpc) is 3.50. The van der Waals surface area contributed by atoms with Gasteiger partial charge in [-0.2, -0.15) is 5.10 Å². The molecule has 0 saturated carbocycles. The summed E-state index contributed by atoms with van der Waals surface area (Å²) < 4.78 is 9.34. The van der Waals surface area contributed by atoms with Crippen molar-refractivity contribution in [1.82, 2.24) is 29.9 Å². The number of hydrogen-bond acceptors (Lipinski definition) is 5. The third-order valence-electron chi connectivity index (χ3n) is 5.38. The molecule has 1 aliphatic rings. The number of amides is 1. The highest BCUT2D eigenvalue weighted by molar-refractivity contribution is 6.30. The number of furan rings is 1. The van der Waals surface area contributed by atoms with Crippen LogP contribution in [0.25, 0.3) is 17.1 Å². The van der Waals surface area contributed by atoms with Crippen molar-refractivity contribution in [2.24, 2.45) is 0 Å². The summed E-state index contributed by atoms with van der Waals surface area (Å²) in [6.07, 6.45) is 5.93. The van der Waals surface area contributed by atoms with Crippen LogP contribution in [0.3, 0.4) is 0 Å². The van der Waals surface area contributed by atoms with Gasteiger partial charge in [0.2, 0.25) is 0 Å². The molecule has 3 aromatic heterocycles. The van der Waals surface area contributed by atoms with E-state index in [1.165, 1.54) is 6.42 Å². The van der Waals surface area contributed by atoms with Gasteiger partial charge < -0.3 is 14.3 Å². The van der Waals surface area contributed by atoms with E-state index in [9.17, 15) is 4.79 Å². The van der Waals surface area contributed by atoms with Crippen molar-refractivity contribution in [1.29, 1.82) is 0 Å². The zero-order valence-electron chi connectivity index (χ0n) is 16.8. The Morgan fingerprint density at radius 2 is 2.00 bits per heavy atom. The van der Waals surface area contributed by atoms with Crippen molar-refractivity contribution in [2.45, 2.75) is 38.8 Å². The normalized spacial score (nSPS) is 13.6. The first-order valence-electron chi connectivity index (χ1n) is 10.3. The van der Waals surface area contributed by atoms with Gasteiger partial charge >= 0.3 is 0 Å². The number of halogens is 1. The van der Waals surface area contributed by atoms with Gasteiger partial charge in [0.1, 0.15) is 11.5 Å². The largest absolute Gasteiger partial charge is 0.463 e. The number of aromatic nitrogens is 5. The molecule has 0 unspecified atom stereocenters. The van der Waals surface area contributed by atoms with Gasteiger partial charge in [-0.3, -0.25) is 4.79 Å². The summed E-state index contributed by atoms with van der Waals surface area (Å²) in [6.45, 7) is 1.19. The van der Waals surface area contributed by atoms with E-state index in [2.05, 4.69) is 25.2 Å². The molecule has 0 atom stereocenters. The second-order valence-electron chi connectivity index (χ2n) is 7.46. The van der Waals surface area contributed by atoms with Gasteiger partial charge in [0, 0.05) is 24.1 Å². The van der Waals surface area contributed by atoms with Gasteiger partial charge in [-0.1, -0.05) is 18.0 Å². The minimum absolute atomic E-state index is 0.286. The highest BCUT2D eigenvalue weighted by atomic mass is 35.5. The number of nitrogens with zero attached hydrogens (tertiary/aromatic N) is 5. The average molecular weight is 437 g/mol. The number of aryl methyl sites for hydroxylation is 1. The molecule has 0 bridgehead atoms. The molecule has 0 fully saturated rings. The van der Waals surface area contributed by atoms with Crippen molar-refractivity contribution in [3.63, 3.8) is 0 Å². The van der Waals surface area contributed by atoms with Crippen LogP contribution in [-0.4, -0.2) is 30.5 Å². The highest BCUT2D eigenvalue weighted by Gasteiger charge is 2.20. The first kappa shape index (κ1) is 19.6. The van der Waals surface area contributed by atoms with Crippen LogP contribution in [-0.2, 0) is 19.5 Å². The van der Waals surface area contributed by atoms with Gasteiger partial charge in [0.05, 0.1) is 18.5 Å². The number of nitrogens with one attached hydrogen (secondary N) is 1. The van der Waals surface area contributed by atoms with E-state index < -0.39 is 0 Å². The molecular formula is C22H21ClN6O2. The minimum atomic E-state index is -0.286.